The quantitative estimate of drug-likeness (QED) is 0.690. The van der Waals surface area contributed by atoms with Gasteiger partial charge in [-0.05, 0) is 30.5 Å². The van der Waals surface area contributed by atoms with Crippen LogP contribution in [-0.2, 0) is 11.2 Å². The van der Waals surface area contributed by atoms with Gasteiger partial charge in [-0.1, -0.05) is 19.1 Å². The number of hydrogen-bond acceptors (Lipinski definition) is 2. The molecule has 0 atom stereocenters. The second-order valence-corrected chi connectivity index (χ2v) is 3.14. The lowest BCUT2D eigenvalue weighted by atomic mass is 10.1. The minimum absolute atomic E-state index is 0.456. The first-order valence-corrected chi connectivity index (χ1v) is 4.93. The van der Waals surface area contributed by atoms with Crippen LogP contribution in [0.5, 0.6) is 5.75 Å². The van der Waals surface area contributed by atoms with Crippen LogP contribution < -0.4 is 4.74 Å². The first-order valence-electron chi connectivity index (χ1n) is 4.93. The Morgan fingerprint density at radius 1 is 1.43 bits per heavy atom. The average molecular weight is 191 g/mol. The fraction of sp³-hybridized carbons (Fsp3) is 0.417. The van der Waals surface area contributed by atoms with Crippen LogP contribution in [0.1, 0.15) is 25.3 Å². The summed E-state index contributed by atoms with van der Waals surface area (Å²) < 4.78 is 5.48. The zero-order valence-corrected chi connectivity index (χ0v) is 8.45. The molecule has 75 valence electrons. The summed E-state index contributed by atoms with van der Waals surface area (Å²) in [5.41, 5.74) is 1.13. The second kappa shape index (κ2) is 6.19. The third-order valence-electron chi connectivity index (χ3n) is 1.89. The van der Waals surface area contributed by atoms with Crippen molar-refractivity contribution in [2.75, 3.05) is 6.61 Å². The summed E-state index contributed by atoms with van der Waals surface area (Å²) in [6, 6.07) is 7.86. The van der Waals surface area contributed by atoms with E-state index in [9.17, 15) is 4.79 Å². The van der Waals surface area contributed by atoms with Crippen LogP contribution in [0.3, 0.4) is 0 Å². The van der Waals surface area contributed by atoms with Crippen molar-refractivity contribution in [3.63, 3.8) is 0 Å². The lowest BCUT2D eigenvalue weighted by Crippen LogP contribution is -1.95. The SMILES string of the molecule is CCCOc1cccc(CC[C]=O)c1. The molecule has 0 unspecified atom stereocenters. The van der Waals surface area contributed by atoms with Crippen molar-refractivity contribution in [1.82, 2.24) is 0 Å². The summed E-state index contributed by atoms with van der Waals surface area (Å²) in [6.45, 7) is 2.81. The number of rotatable bonds is 6. The molecule has 0 N–H and O–H groups in total. The molecule has 1 aromatic rings. The van der Waals surface area contributed by atoms with Crippen LogP contribution in [-0.4, -0.2) is 12.9 Å². The van der Waals surface area contributed by atoms with Crippen LogP contribution >= 0.6 is 0 Å². The fourth-order valence-electron chi connectivity index (χ4n) is 1.21. The molecule has 0 aliphatic heterocycles. The highest BCUT2D eigenvalue weighted by Gasteiger charge is 1.96. The lowest BCUT2D eigenvalue weighted by molar-refractivity contribution is 0.317. The summed E-state index contributed by atoms with van der Waals surface area (Å²) in [5, 5.41) is 0. The molecule has 2 heteroatoms. The summed E-state index contributed by atoms with van der Waals surface area (Å²) in [5.74, 6) is 0.884. The zero-order valence-electron chi connectivity index (χ0n) is 8.45. The van der Waals surface area contributed by atoms with Gasteiger partial charge >= 0.3 is 0 Å². The number of carbonyl (C=O) groups excluding carboxylic acids is 1. The Labute approximate surface area is 84.9 Å². The second-order valence-electron chi connectivity index (χ2n) is 3.14. The maximum atomic E-state index is 10.1. The monoisotopic (exact) mass is 191 g/mol. The standard InChI is InChI=1S/C12H15O2/c1-2-9-14-12-7-3-5-11(10-12)6-4-8-13/h3,5,7,10H,2,4,6,9H2,1H3. The third-order valence-corrected chi connectivity index (χ3v) is 1.89. The van der Waals surface area contributed by atoms with E-state index in [-0.39, 0.29) is 0 Å². The van der Waals surface area contributed by atoms with Gasteiger partial charge in [-0.25, -0.2) is 0 Å². The van der Waals surface area contributed by atoms with Gasteiger partial charge in [-0.2, -0.15) is 0 Å². The summed E-state index contributed by atoms with van der Waals surface area (Å²) in [6.07, 6.45) is 4.09. The average Bonchev–Trinajstić information content (AvgIpc) is 2.24. The predicted octanol–water partition coefficient (Wildman–Crippen LogP) is 2.52. The summed E-state index contributed by atoms with van der Waals surface area (Å²) in [4.78, 5) is 10.1. The molecule has 0 saturated heterocycles. The van der Waals surface area contributed by atoms with Crippen molar-refractivity contribution >= 4 is 6.29 Å². The minimum atomic E-state index is 0.456. The zero-order chi connectivity index (χ0) is 10.2. The maximum absolute atomic E-state index is 10.1. The normalized spacial score (nSPS) is 9.79. The van der Waals surface area contributed by atoms with Crippen LogP contribution in [0.25, 0.3) is 0 Å². The summed E-state index contributed by atoms with van der Waals surface area (Å²) >= 11 is 0. The van der Waals surface area contributed by atoms with Crippen molar-refractivity contribution in [1.29, 1.82) is 0 Å². The molecule has 0 bridgehead atoms. The van der Waals surface area contributed by atoms with Gasteiger partial charge < -0.3 is 4.74 Å². The molecule has 0 heterocycles. The highest BCUT2D eigenvalue weighted by atomic mass is 16.5. The van der Waals surface area contributed by atoms with Gasteiger partial charge in [0.15, 0.2) is 6.29 Å². The Kier molecular flexibility index (Phi) is 4.76. The van der Waals surface area contributed by atoms with Crippen LogP contribution in [0.15, 0.2) is 24.3 Å². The Bertz CT molecular complexity index is 281. The van der Waals surface area contributed by atoms with Gasteiger partial charge in [-0.15, -0.1) is 0 Å². The van der Waals surface area contributed by atoms with Crippen LogP contribution in [0, 0.1) is 0 Å². The first kappa shape index (κ1) is 10.8. The highest BCUT2D eigenvalue weighted by Crippen LogP contribution is 2.14. The van der Waals surface area contributed by atoms with Crippen LogP contribution in [0.4, 0.5) is 0 Å². The Morgan fingerprint density at radius 3 is 3.00 bits per heavy atom. The predicted molar refractivity (Wildman–Crippen MR) is 56.2 cm³/mol. The molecule has 1 rings (SSSR count). The number of ether oxygens (including phenoxy) is 1. The van der Waals surface area contributed by atoms with Crippen molar-refractivity contribution in [3.05, 3.63) is 29.8 Å². The van der Waals surface area contributed by atoms with E-state index in [4.69, 9.17) is 4.74 Å². The number of benzene rings is 1. The third kappa shape index (κ3) is 3.60. The van der Waals surface area contributed by atoms with Crippen molar-refractivity contribution < 1.29 is 9.53 Å². The van der Waals surface area contributed by atoms with E-state index in [0.29, 0.717) is 6.42 Å². The molecule has 2 nitrogen and oxygen atoms in total. The van der Waals surface area contributed by atoms with Gasteiger partial charge in [0.05, 0.1) is 6.61 Å². The molecule has 0 aromatic heterocycles. The molecule has 0 amide bonds. The van der Waals surface area contributed by atoms with E-state index >= 15 is 0 Å². The van der Waals surface area contributed by atoms with E-state index in [2.05, 4.69) is 6.92 Å². The molecular weight excluding hydrogens is 176 g/mol. The van der Waals surface area contributed by atoms with Gasteiger partial charge in [0.25, 0.3) is 0 Å². The lowest BCUT2D eigenvalue weighted by Gasteiger charge is -2.05. The maximum Gasteiger partial charge on any atom is 0.198 e. The minimum Gasteiger partial charge on any atom is -0.494 e. The van der Waals surface area contributed by atoms with Crippen molar-refractivity contribution in [2.45, 2.75) is 26.2 Å². The van der Waals surface area contributed by atoms with Crippen LogP contribution in [0.2, 0.25) is 0 Å². The van der Waals surface area contributed by atoms with Gasteiger partial charge in [-0.3, -0.25) is 4.79 Å². The number of aryl methyl sites for hydroxylation is 1. The van der Waals surface area contributed by atoms with E-state index < -0.39 is 0 Å². The molecular formula is C12H15O2. The van der Waals surface area contributed by atoms with Gasteiger partial charge in [0.1, 0.15) is 5.75 Å². The molecule has 1 radical (unpaired) electrons. The van der Waals surface area contributed by atoms with Crippen molar-refractivity contribution in [2.24, 2.45) is 0 Å². The smallest absolute Gasteiger partial charge is 0.198 e. The molecule has 0 spiro atoms. The van der Waals surface area contributed by atoms with Gasteiger partial charge in [0.2, 0.25) is 0 Å². The topological polar surface area (TPSA) is 26.3 Å². The van der Waals surface area contributed by atoms with Gasteiger partial charge in [0, 0.05) is 6.42 Å². The molecule has 0 aliphatic carbocycles. The number of hydrogen-bond donors (Lipinski definition) is 0. The molecule has 0 fully saturated rings. The van der Waals surface area contributed by atoms with E-state index in [1.807, 2.05) is 30.6 Å². The first-order chi connectivity index (χ1) is 6.86. The fourth-order valence-corrected chi connectivity index (χ4v) is 1.21. The van der Waals surface area contributed by atoms with Crippen molar-refractivity contribution in [3.8, 4) is 5.75 Å². The summed E-state index contributed by atoms with van der Waals surface area (Å²) in [7, 11) is 0. The molecule has 0 saturated carbocycles. The Morgan fingerprint density at radius 2 is 2.29 bits per heavy atom. The molecule has 14 heavy (non-hydrogen) atoms. The molecule has 1 aromatic carbocycles. The van der Waals surface area contributed by atoms with E-state index in [0.717, 1.165) is 30.8 Å². The van der Waals surface area contributed by atoms with E-state index in [1.54, 1.807) is 0 Å². The highest BCUT2D eigenvalue weighted by molar-refractivity contribution is 5.51. The Balaban J connectivity index is 2.54. The largest absolute Gasteiger partial charge is 0.494 e. The molecule has 0 aliphatic rings. The van der Waals surface area contributed by atoms with E-state index in [1.165, 1.54) is 0 Å². The Hall–Kier alpha value is -1.31.